The number of aromatic nitrogens is 2. The lowest BCUT2D eigenvalue weighted by Crippen LogP contribution is -2.33. The van der Waals surface area contributed by atoms with Crippen molar-refractivity contribution in [2.24, 2.45) is 0 Å². The van der Waals surface area contributed by atoms with Crippen LogP contribution in [0, 0.1) is 10.1 Å². The van der Waals surface area contributed by atoms with Crippen molar-refractivity contribution >= 4 is 33.7 Å². The van der Waals surface area contributed by atoms with Gasteiger partial charge >= 0.3 is 11.7 Å². The molecule has 0 radical (unpaired) electrons. The van der Waals surface area contributed by atoms with Gasteiger partial charge in [-0.3, -0.25) is 24.5 Å². The number of aliphatic hydroxyl groups is 1. The third-order valence-electron chi connectivity index (χ3n) is 4.44. The topological polar surface area (TPSA) is 154 Å². The number of rotatable bonds is 6. The van der Waals surface area contributed by atoms with E-state index in [4.69, 9.17) is 9.47 Å². The Hall–Kier alpha value is -3.09. The Kier molecular flexibility index (Phi) is 6.59. The molecule has 30 heavy (non-hydrogen) atoms. The summed E-state index contributed by atoms with van der Waals surface area (Å²) in [4.78, 5) is 49.7. The van der Waals surface area contributed by atoms with E-state index in [0.717, 1.165) is 4.57 Å². The molecule has 3 atom stereocenters. The number of non-ortho nitro benzene ring substituents is 1. The molecule has 0 saturated carbocycles. The first-order chi connectivity index (χ1) is 14.3. The van der Waals surface area contributed by atoms with Crippen LogP contribution in [0.3, 0.4) is 0 Å². The van der Waals surface area contributed by atoms with Crippen molar-refractivity contribution in [3.63, 3.8) is 0 Å². The maximum Gasteiger partial charge on any atom is 0.338 e. The highest BCUT2D eigenvalue weighted by Crippen LogP contribution is 2.28. The Morgan fingerprint density at radius 3 is 2.73 bits per heavy atom. The largest absolute Gasteiger partial charge is 0.459 e. The molecule has 0 aliphatic carbocycles. The van der Waals surface area contributed by atoms with Crippen molar-refractivity contribution in [1.82, 2.24) is 9.55 Å². The number of halogens is 1. The lowest BCUT2D eigenvalue weighted by molar-refractivity contribution is -0.384. The highest BCUT2D eigenvalue weighted by Gasteiger charge is 2.36. The van der Waals surface area contributed by atoms with E-state index in [1.54, 1.807) is 0 Å². The SMILES string of the molecule is O=C(OC[C@H]1O[C@@H](n2cc(/C=C/Br)c(=O)[nH]c2=O)C[C@@H]1O)c1ccc([N+](=O)[O-])cc1. The molecule has 2 aromatic rings. The molecular weight excluding hydrogens is 466 g/mol. The third kappa shape index (κ3) is 4.72. The number of ether oxygens (including phenoxy) is 2. The Morgan fingerprint density at radius 1 is 1.40 bits per heavy atom. The fraction of sp³-hybridized carbons (Fsp3) is 0.278. The number of nitrogens with one attached hydrogen (secondary N) is 1. The summed E-state index contributed by atoms with van der Waals surface area (Å²) in [6.07, 6.45) is 0.0171. The molecule has 0 unspecified atom stereocenters. The summed E-state index contributed by atoms with van der Waals surface area (Å²) in [6.45, 7) is -0.292. The molecule has 12 heteroatoms. The van der Waals surface area contributed by atoms with Crippen LogP contribution in [0.2, 0.25) is 0 Å². The second-order valence-electron chi connectivity index (χ2n) is 6.38. The number of hydrogen-bond donors (Lipinski definition) is 2. The van der Waals surface area contributed by atoms with Crippen LogP contribution in [-0.4, -0.2) is 44.4 Å². The molecule has 0 bridgehead atoms. The van der Waals surface area contributed by atoms with Crippen molar-refractivity contribution in [2.75, 3.05) is 6.61 Å². The molecule has 2 N–H and O–H groups in total. The van der Waals surface area contributed by atoms with Gasteiger partial charge in [-0.2, -0.15) is 0 Å². The van der Waals surface area contributed by atoms with Gasteiger partial charge in [-0.15, -0.1) is 0 Å². The smallest absolute Gasteiger partial charge is 0.338 e. The molecule has 2 heterocycles. The van der Waals surface area contributed by atoms with E-state index in [2.05, 4.69) is 20.9 Å². The summed E-state index contributed by atoms with van der Waals surface area (Å²) in [5, 5.41) is 20.9. The second-order valence-corrected chi connectivity index (χ2v) is 6.91. The van der Waals surface area contributed by atoms with Gasteiger partial charge in [0.25, 0.3) is 11.2 Å². The van der Waals surface area contributed by atoms with Crippen molar-refractivity contribution < 1.29 is 24.3 Å². The van der Waals surface area contributed by atoms with Crippen LogP contribution in [0.15, 0.2) is 45.0 Å². The fourth-order valence-corrected chi connectivity index (χ4v) is 3.18. The van der Waals surface area contributed by atoms with Crippen LogP contribution >= 0.6 is 15.9 Å². The van der Waals surface area contributed by atoms with Gasteiger partial charge < -0.3 is 14.6 Å². The lowest BCUT2D eigenvalue weighted by atomic mass is 10.2. The quantitative estimate of drug-likeness (QED) is 0.355. The first kappa shape index (κ1) is 21.6. The predicted octanol–water partition coefficient (Wildman–Crippen LogP) is 1.32. The highest BCUT2D eigenvalue weighted by molar-refractivity contribution is 9.11. The van der Waals surface area contributed by atoms with Crippen LogP contribution in [0.25, 0.3) is 6.08 Å². The summed E-state index contributed by atoms with van der Waals surface area (Å²) in [6, 6.07) is 4.87. The molecule has 158 valence electrons. The first-order valence-corrected chi connectivity index (χ1v) is 9.59. The average Bonchev–Trinajstić information content (AvgIpc) is 3.08. The van der Waals surface area contributed by atoms with E-state index in [9.17, 15) is 29.6 Å². The number of carbonyl (C=O) groups excluding carboxylic acids is 1. The number of benzene rings is 1. The molecule has 1 aliphatic rings. The van der Waals surface area contributed by atoms with Gasteiger partial charge in [0.2, 0.25) is 0 Å². The average molecular weight is 482 g/mol. The monoisotopic (exact) mass is 481 g/mol. The number of nitro groups is 1. The van der Waals surface area contributed by atoms with Gasteiger partial charge in [-0.05, 0) is 23.2 Å². The maximum absolute atomic E-state index is 12.1. The fourth-order valence-electron chi connectivity index (χ4n) is 2.90. The summed E-state index contributed by atoms with van der Waals surface area (Å²) in [5.41, 5.74) is -1.12. The van der Waals surface area contributed by atoms with Gasteiger partial charge in [-0.1, -0.05) is 15.9 Å². The lowest BCUT2D eigenvalue weighted by Gasteiger charge is -2.16. The van der Waals surface area contributed by atoms with E-state index >= 15 is 0 Å². The number of aliphatic hydroxyl groups excluding tert-OH is 1. The van der Waals surface area contributed by atoms with Crippen molar-refractivity contribution in [1.29, 1.82) is 0 Å². The summed E-state index contributed by atoms with van der Waals surface area (Å²) in [7, 11) is 0. The Balaban J connectivity index is 1.66. The molecule has 1 aromatic heterocycles. The number of hydrogen-bond acceptors (Lipinski definition) is 8. The van der Waals surface area contributed by atoms with Crippen molar-refractivity contribution in [2.45, 2.75) is 24.9 Å². The zero-order chi connectivity index (χ0) is 21.8. The number of carbonyl (C=O) groups is 1. The number of H-pyrrole nitrogens is 1. The van der Waals surface area contributed by atoms with Crippen molar-refractivity contribution in [3.05, 3.63) is 77.5 Å². The summed E-state index contributed by atoms with van der Waals surface area (Å²) >= 11 is 3.06. The van der Waals surface area contributed by atoms with E-state index in [1.807, 2.05) is 0 Å². The molecule has 1 aromatic carbocycles. The van der Waals surface area contributed by atoms with Gasteiger partial charge in [0.05, 0.1) is 22.2 Å². The van der Waals surface area contributed by atoms with Crippen LogP contribution in [0.1, 0.15) is 28.6 Å². The van der Waals surface area contributed by atoms with Crippen molar-refractivity contribution in [3.8, 4) is 0 Å². The molecule has 0 spiro atoms. The second kappa shape index (κ2) is 9.15. The molecule has 3 rings (SSSR count). The maximum atomic E-state index is 12.1. The number of nitro benzene ring substituents is 1. The normalized spacial score (nSPS) is 21.1. The molecular formula is C18H16BrN3O8. The van der Waals surface area contributed by atoms with E-state index < -0.39 is 40.6 Å². The van der Waals surface area contributed by atoms with E-state index in [0.29, 0.717) is 0 Å². The van der Waals surface area contributed by atoms with E-state index in [1.165, 1.54) is 41.5 Å². The molecule has 1 fully saturated rings. The number of aromatic amines is 1. The van der Waals surface area contributed by atoms with Crippen LogP contribution < -0.4 is 11.2 Å². The standard InChI is InChI=1S/C18H16BrN3O8/c19-6-5-11-8-21(18(26)20-16(11)24)15-7-13(23)14(30-15)9-29-17(25)10-1-3-12(4-2-10)22(27)28/h1-6,8,13-15,23H,7,9H2,(H,20,24,26)/b6-5+/t13-,14+,15+/m0/s1. The van der Waals surface area contributed by atoms with Gasteiger partial charge in [0.1, 0.15) is 18.9 Å². The van der Waals surface area contributed by atoms with Gasteiger partial charge in [0.15, 0.2) is 0 Å². The molecule has 11 nitrogen and oxygen atoms in total. The Labute approximate surface area is 176 Å². The zero-order valence-corrected chi connectivity index (χ0v) is 16.9. The summed E-state index contributed by atoms with van der Waals surface area (Å²) in [5.74, 6) is -0.741. The van der Waals surface area contributed by atoms with Gasteiger partial charge in [0, 0.05) is 24.8 Å². The Bertz CT molecular complexity index is 1090. The molecule has 0 amide bonds. The zero-order valence-electron chi connectivity index (χ0n) is 15.3. The van der Waals surface area contributed by atoms with Crippen LogP contribution in [0.5, 0.6) is 0 Å². The number of nitrogens with zero attached hydrogens (tertiary/aromatic N) is 2. The minimum atomic E-state index is -1.02. The summed E-state index contributed by atoms with van der Waals surface area (Å²) < 4.78 is 11.9. The minimum Gasteiger partial charge on any atom is -0.459 e. The first-order valence-electron chi connectivity index (χ1n) is 8.67. The Morgan fingerprint density at radius 2 is 2.10 bits per heavy atom. The predicted molar refractivity (Wildman–Crippen MR) is 107 cm³/mol. The highest BCUT2D eigenvalue weighted by atomic mass is 79.9. The van der Waals surface area contributed by atoms with Crippen LogP contribution in [0.4, 0.5) is 5.69 Å². The van der Waals surface area contributed by atoms with Gasteiger partial charge in [-0.25, -0.2) is 9.59 Å². The van der Waals surface area contributed by atoms with Crippen LogP contribution in [-0.2, 0) is 9.47 Å². The number of esters is 1. The van der Waals surface area contributed by atoms with E-state index in [-0.39, 0.29) is 29.8 Å². The molecule has 1 saturated heterocycles. The molecule has 1 aliphatic heterocycles. The minimum absolute atomic E-state index is 0.0448. The third-order valence-corrected chi connectivity index (χ3v) is 4.71.